The summed E-state index contributed by atoms with van der Waals surface area (Å²) in [4.78, 5) is 13.1. The first-order valence-electron chi connectivity index (χ1n) is 10.7. The Morgan fingerprint density at radius 2 is 1.81 bits per heavy atom. The molecule has 0 radical (unpaired) electrons. The molecule has 1 N–H and O–H groups in total. The topological polar surface area (TPSA) is 75.7 Å². The number of aryl methyl sites for hydroxylation is 2. The van der Waals surface area contributed by atoms with Gasteiger partial charge in [0, 0.05) is 18.8 Å². The lowest BCUT2D eigenvalue weighted by molar-refractivity contribution is -0.120. The maximum Gasteiger partial charge on any atom is 0.246 e. The van der Waals surface area contributed by atoms with Crippen LogP contribution in [0.3, 0.4) is 0 Å². The summed E-state index contributed by atoms with van der Waals surface area (Å²) in [6.07, 6.45) is 1.29. The summed E-state index contributed by atoms with van der Waals surface area (Å²) in [5, 5.41) is 2.97. The molecule has 1 amide bonds. The third-order valence-electron chi connectivity index (χ3n) is 5.72. The van der Waals surface area contributed by atoms with Crippen molar-refractivity contribution >= 4 is 21.6 Å². The molecular formula is C24H32N2O4S. The van der Waals surface area contributed by atoms with Crippen molar-refractivity contribution in [3.63, 3.8) is 0 Å². The minimum atomic E-state index is -3.79. The van der Waals surface area contributed by atoms with Gasteiger partial charge in [-0.2, -0.15) is 4.31 Å². The molecule has 1 aliphatic rings. The number of carbonyl (C=O) groups is 1. The molecule has 7 heteroatoms. The summed E-state index contributed by atoms with van der Waals surface area (Å²) in [5.41, 5.74) is 3.81. The highest BCUT2D eigenvalue weighted by Crippen LogP contribution is 2.32. The van der Waals surface area contributed by atoms with Gasteiger partial charge in [0.15, 0.2) is 0 Å². The number of ether oxygens (including phenoxy) is 1. The Kier molecular flexibility index (Phi) is 7.06. The summed E-state index contributed by atoms with van der Waals surface area (Å²) >= 11 is 0. The van der Waals surface area contributed by atoms with E-state index in [-0.39, 0.29) is 23.3 Å². The molecule has 0 spiro atoms. The van der Waals surface area contributed by atoms with Crippen LogP contribution in [0, 0.1) is 19.8 Å². The van der Waals surface area contributed by atoms with Gasteiger partial charge in [-0.15, -0.1) is 0 Å². The zero-order valence-electron chi connectivity index (χ0n) is 18.9. The van der Waals surface area contributed by atoms with Gasteiger partial charge in [-0.1, -0.05) is 26.0 Å². The van der Waals surface area contributed by atoms with Crippen LogP contribution in [-0.2, 0) is 14.8 Å². The zero-order valence-corrected chi connectivity index (χ0v) is 19.8. The summed E-state index contributed by atoms with van der Waals surface area (Å²) in [7, 11) is -2.31. The first kappa shape index (κ1) is 23.3. The highest BCUT2D eigenvalue weighted by Gasteiger charge is 2.35. The number of benzene rings is 2. The van der Waals surface area contributed by atoms with Gasteiger partial charge in [-0.05, 0) is 73.6 Å². The number of carbonyl (C=O) groups excluding carboxylic acids is 1. The van der Waals surface area contributed by atoms with E-state index in [1.807, 2.05) is 52.0 Å². The maximum atomic E-state index is 13.5. The van der Waals surface area contributed by atoms with Gasteiger partial charge in [0.2, 0.25) is 15.9 Å². The predicted molar refractivity (Wildman–Crippen MR) is 123 cm³/mol. The van der Waals surface area contributed by atoms with Crippen molar-refractivity contribution in [3.8, 4) is 5.75 Å². The average Bonchev–Trinajstić information content (AvgIpc) is 2.72. The minimum Gasteiger partial charge on any atom is -0.495 e. The highest BCUT2D eigenvalue weighted by atomic mass is 32.2. The van der Waals surface area contributed by atoms with Gasteiger partial charge in [-0.3, -0.25) is 4.79 Å². The second kappa shape index (κ2) is 9.40. The van der Waals surface area contributed by atoms with Crippen molar-refractivity contribution in [2.24, 2.45) is 5.92 Å². The number of hydrogen-bond donors (Lipinski definition) is 1. The van der Waals surface area contributed by atoms with E-state index < -0.39 is 15.9 Å². The number of piperidine rings is 1. The average molecular weight is 445 g/mol. The van der Waals surface area contributed by atoms with Crippen molar-refractivity contribution in [1.29, 1.82) is 0 Å². The molecule has 1 atom stereocenters. The molecule has 0 aromatic heterocycles. The zero-order chi connectivity index (χ0) is 22.8. The van der Waals surface area contributed by atoms with Crippen LogP contribution in [0.1, 0.15) is 49.3 Å². The summed E-state index contributed by atoms with van der Waals surface area (Å²) in [6.45, 7) is 8.56. The Morgan fingerprint density at radius 1 is 1.13 bits per heavy atom. The third-order valence-corrected chi connectivity index (χ3v) is 7.60. The molecule has 2 aromatic carbocycles. The number of amides is 1. The lowest BCUT2D eigenvalue weighted by Crippen LogP contribution is -2.43. The number of anilines is 1. The van der Waals surface area contributed by atoms with Crippen LogP contribution in [0.2, 0.25) is 0 Å². The van der Waals surface area contributed by atoms with Crippen molar-refractivity contribution in [3.05, 3.63) is 53.1 Å². The fourth-order valence-corrected chi connectivity index (χ4v) is 5.77. The second-order valence-corrected chi connectivity index (χ2v) is 10.5. The molecule has 31 heavy (non-hydrogen) atoms. The lowest BCUT2D eigenvalue weighted by Gasteiger charge is -2.31. The smallest absolute Gasteiger partial charge is 0.246 e. The monoisotopic (exact) mass is 444 g/mol. The molecule has 0 aliphatic carbocycles. The molecule has 2 aromatic rings. The van der Waals surface area contributed by atoms with E-state index in [0.29, 0.717) is 25.1 Å². The van der Waals surface area contributed by atoms with Gasteiger partial charge >= 0.3 is 0 Å². The van der Waals surface area contributed by atoms with E-state index in [4.69, 9.17) is 4.74 Å². The van der Waals surface area contributed by atoms with Crippen LogP contribution in [0.25, 0.3) is 0 Å². The SMILES string of the molecule is COc1ccc(C(C)C)cc1S(=O)(=O)N1CCC[C@H](C(=O)Nc2cc(C)cc(C)c2)C1. The largest absolute Gasteiger partial charge is 0.495 e. The van der Waals surface area contributed by atoms with Crippen LogP contribution in [0.4, 0.5) is 5.69 Å². The molecule has 6 nitrogen and oxygen atoms in total. The molecule has 1 heterocycles. The van der Waals surface area contributed by atoms with E-state index in [1.54, 1.807) is 12.1 Å². The standard InChI is InChI=1S/C24H32N2O4S/c1-16(2)19-8-9-22(30-5)23(14-19)31(28,29)26-10-6-7-20(15-26)24(27)25-21-12-17(3)11-18(4)13-21/h8-9,11-14,16,20H,6-7,10,15H2,1-5H3,(H,25,27)/t20-/m0/s1. The van der Waals surface area contributed by atoms with Gasteiger partial charge < -0.3 is 10.1 Å². The Labute approximate surface area is 185 Å². The molecule has 0 saturated carbocycles. The second-order valence-electron chi connectivity index (χ2n) is 8.63. The van der Waals surface area contributed by atoms with E-state index in [0.717, 1.165) is 22.4 Å². The van der Waals surface area contributed by atoms with Gasteiger partial charge in [0.1, 0.15) is 10.6 Å². The van der Waals surface area contributed by atoms with Crippen molar-refractivity contribution in [2.45, 2.75) is 51.3 Å². The molecule has 0 bridgehead atoms. The first-order chi connectivity index (χ1) is 14.6. The van der Waals surface area contributed by atoms with E-state index >= 15 is 0 Å². The Morgan fingerprint density at radius 3 is 2.42 bits per heavy atom. The van der Waals surface area contributed by atoms with Gasteiger partial charge in [0.05, 0.1) is 13.0 Å². The van der Waals surface area contributed by atoms with Crippen LogP contribution >= 0.6 is 0 Å². The molecule has 0 unspecified atom stereocenters. The number of sulfonamides is 1. The van der Waals surface area contributed by atoms with Crippen LogP contribution < -0.4 is 10.1 Å². The number of rotatable bonds is 6. The third kappa shape index (κ3) is 5.28. The molecule has 1 aliphatic heterocycles. The number of nitrogens with zero attached hydrogens (tertiary/aromatic N) is 1. The number of methoxy groups -OCH3 is 1. The molecule has 168 valence electrons. The Balaban J connectivity index is 1.82. The lowest BCUT2D eigenvalue weighted by atomic mass is 9.98. The van der Waals surface area contributed by atoms with Gasteiger partial charge in [0.25, 0.3) is 0 Å². The van der Waals surface area contributed by atoms with Crippen LogP contribution in [-0.4, -0.2) is 38.8 Å². The van der Waals surface area contributed by atoms with Crippen LogP contribution in [0.5, 0.6) is 5.75 Å². The van der Waals surface area contributed by atoms with Crippen molar-refractivity contribution < 1.29 is 17.9 Å². The highest BCUT2D eigenvalue weighted by molar-refractivity contribution is 7.89. The predicted octanol–water partition coefficient (Wildman–Crippen LogP) is 4.47. The van der Waals surface area contributed by atoms with E-state index in [1.165, 1.54) is 11.4 Å². The fraction of sp³-hybridized carbons (Fsp3) is 0.458. The molecule has 1 saturated heterocycles. The van der Waals surface area contributed by atoms with Crippen LogP contribution in [0.15, 0.2) is 41.3 Å². The van der Waals surface area contributed by atoms with E-state index in [2.05, 4.69) is 5.32 Å². The summed E-state index contributed by atoms with van der Waals surface area (Å²) < 4.78 is 33.7. The minimum absolute atomic E-state index is 0.146. The fourth-order valence-electron chi connectivity index (χ4n) is 4.06. The normalized spacial score (nSPS) is 17.5. The molecule has 3 rings (SSSR count). The molecular weight excluding hydrogens is 412 g/mol. The van der Waals surface area contributed by atoms with E-state index in [9.17, 15) is 13.2 Å². The van der Waals surface area contributed by atoms with Gasteiger partial charge in [-0.25, -0.2) is 8.42 Å². The first-order valence-corrected chi connectivity index (χ1v) is 12.1. The Hall–Kier alpha value is -2.38. The summed E-state index contributed by atoms with van der Waals surface area (Å²) in [6, 6.07) is 11.2. The number of hydrogen-bond acceptors (Lipinski definition) is 4. The quantitative estimate of drug-likeness (QED) is 0.713. The summed E-state index contributed by atoms with van der Waals surface area (Å²) in [5.74, 6) is -0.0276. The molecule has 1 fully saturated rings. The van der Waals surface area contributed by atoms with Crippen molar-refractivity contribution in [1.82, 2.24) is 4.31 Å². The maximum absolute atomic E-state index is 13.5. The van der Waals surface area contributed by atoms with Crippen molar-refractivity contribution in [2.75, 3.05) is 25.5 Å². The number of nitrogens with one attached hydrogen (secondary N) is 1. The Bertz CT molecular complexity index is 1040.